The molecule has 0 bridgehead atoms. The number of amides is 2. The number of ether oxygens (including phenoxy) is 1. The van der Waals surface area contributed by atoms with Gasteiger partial charge in [-0.2, -0.15) is 5.10 Å². The first-order valence-corrected chi connectivity index (χ1v) is 9.97. The van der Waals surface area contributed by atoms with Crippen molar-refractivity contribution in [3.8, 4) is 16.9 Å². The molecule has 31 heavy (non-hydrogen) atoms. The van der Waals surface area contributed by atoms with E-state index in [9.17, 15) is 4.79 Å². The molecule has 2 N–H and O–H groups in total. The summed E-state index contributed by atoms with van der Waals surface area (Å²) in [6, 6.07) is 11.0. The summed E-state index contributed by atoms with van der Waals surface area (Å²) >= 11 is 0. The smallest absolute Gasteiger partial charge is 0.319 e. The summed E-state index contributed by atoms with van der Waals surface area (Å²) < 4.78 is 7.76. The van der Waals surface area contributed by atoms with Gasteiger partial charge in [0.15, 0.2) is 6.10 Å². The average molecular weight is 420 g/mol. The molecule has 1 aromatic carbocycles. The van der Waals surface area contributed by atoms with Crippen molar-refractivity contribution in [3.05, 3.63) is 60.7 Å². The number of aryl methyl sites for hydroxylation is 2. The number of para-hydroxylation sites is 1. The third-order valence-corrected chi connectivity index (χ3v) is 4.73. The third-order valence-electron chi connectivity index (χ3n) is 4.73. The number of aromatic nitrogens is 3. The molecule has 9 heteroatoms. The van der Waals surface area contributed by atoms with Gasteiger partial charge in [0.25, 0.3) is 0 Å². The number of anilines is 1. The van der Waals surface area contributed by atoms with E-state index >= 15 is 0 Å². The monoisotopic (exact) mass is 420 g/mol. The summed E-state index contributed by atoms with van der Waals surface area (Å²) in [6.45, 7) is 2.52. The second-order valence-electron chi connectivity index (χ2n) is 7.29. The van der Waals surface area contributed by atoms with E-state index in [1.807, 2.05) is 44.4 Å². The van der Waals surface area contributed by atoms with Gasteiger partial charge in [0.05, 0.1) is 18.5 Å². The Kier molecular flexibility index (Phi) is 6.11. The van der Waals surface area contributed by atoms with E-state index in [1.165, 1.54) is 0 Å². The Morgan fingerprint density at radius 2 is 2.19 bits per heavy atom. The normalized spacial score (nSPS) is 15.2. The van der Waals surface area contributed by atoms with Gasteiger partial charge in [-0.1, -0.05) is 23.4 Å². The molecule has 0 fully saturated rings. The average Bonchev–Trinajstić information content (AvgIpc) is 3.40. The van der Waals surface area contributed by atoms with E-state index in [0.29, 0.717) is 25.3 Å². The van der Waals surface area contributed by atoms with E-state index in [1.54, 1.807) is 29.2 Å². The molecule has 0 aliphatic carbocycles. The maximum Gasteiger partial charge on any atom is 0.319 e. The number of oxime groups is 1. The highest BCUT2D eigenvalue weighted by Gasteiger charge is 2.22. The minimum absolute atomic E-state index is 0.204. The second kappa shape index (κ2) is 9.29. The molecule has 3 aromatic rings. The van der Waals surface area contributed by atoms with E-state index < -0.39 is 0 Å². The van der Waals surface area contributed by atoms with Gasteiger partial charge >= 0.3 is 6.03 Å². The molecule has 0 saturated heterocycles. The maximum absolute atomic E-state index is 12.1. The highest BCUT2D eigenvalue weighted by atomic mass is 16.7. The molecule has 1 aliphatic rings. The zero-order chi connectivity index (χ0) is 21.6. The van der Waals surface area contributed by atoms with Crippen molar-refractivity contribution < 1.29 is 14.4 Å². The Morgan fingerprint density at radius 3 is 3.00 bits per heavy atom. The Hall–Kier alpha value is -3.88. The van der Waals surface area contributed by atoms with Crippen molar-refractivity contribution in [1.29, 1.82) is 0 Å². The van der Waals surface area contributed by atoms with Crippen LogP contribution in [0.5, 0.6) is 5.75 Å². The highest BCUT2D eigenvalue weighted by Crippen LogP contribution is 2.29. The molecule has 1 unspecified atom stereocenters. The highest BCUT2D eigenvalue weighted by molar-refractivity contribution is 5.94. The molecule has 0 saturated carbocycles. The number of nitrogens with one attached hydrogen (secondary N) is 2. The SMILES string of the molecule is Cc1cc(NC(=O)NCC2=NOC(COc3ccccc3-c3cnn(C)c3)C2)ccn1. The number of hydrogen-bond donors (Lipinski definition) is 2. The van der Waals surface area contributed by atoms with Crippen LogP contribution in [0.15, 0.2) is 60.1 Å². The first-order chi connectivity index (χ1) is 15.1. The first-order valence-electron chi connectivity index (χ1n) is 9.97. The second-order valence-corrected chi connectivity index (χ2v) is 7.29. The summed E-state index contributed by atoms with van der Waals surface area (Å²) in [7, 11) is 1.88. The van der Waals surface area contributed by atoms with Crippen LogP contribution in [-0.4, -0.2) is 45.8 Å². The Labute approximate surface area is 180 Å². The lowest BCUT2D eigenvalue weighted by molar-refractivity contribution is 0.0472. The maximum atomic E-state index is 12.1. The summed E-state index contributed by atoms with van der Waals surface area (Å²) in [6.07, 6.45) is 5.78. The number of nitrogens with zero attached hydrogens (tertiary/aromatic N) is 4. The van der Waals surface area contributed by atoms with Crippen LogP contribution < -0.4 is 15.4 Å². The van der Waals surface area contributed by atoms with Gasteiger partial charge in [-0.25, -0.2) is 4.79 Å². The number of benzene rings is 1. The molecule has 0 radical (unpaired) electrons. The number of hydrogen-bond acceptors (Lipinski definition) is 6. The molecule has 0 spiro atoms. The van der Waals surface area contributed by atoms with E-state index in [0.717, 1.165) is 28.3 Å². The zero-order valence-electron chi connectivity index (χ0n) is 17.4. The standard InChI is InChI=1S/C22H24N6O3/c1-15-9-17(7-8-23-15)26-22(29)24-12-18-10-19(31-27-18)14-30-21-6-4-3-5-20(21)16-11-25-28(2)13-16/h3-9,11,13,19H,10,12,14H2,1-2H3,(H2,23,24,26,29). The van der Waals surface area contributed by atoms with Crippen LogP contribution in [0.2, 0.25) is 0 Å². The Balaban J connectivity index is 1.24. The fourth-order valence-electron chi connectivity index (χ4n) is 3.24. The Morgan fingerprint density at radius 1 is 1.32 bits per heavy atom. The molecule has 1 atom stereocenters. The number of carbonyl (C=O) groups excluding carboxylic acids is 1. The first kappa shape index (κ1) is 20.4. The van der Waals surface area contributed by atoms with Crippen LogP contribution in [-0.2, 0) is 11.9 Å². The predicted molar refractivity (Wildman–Crippen MR) is 117 cm³/mol. The van der Waals surface area contributed by atoms with Crippen LogP contribution in [0, 0.1) is 6.92 Å². The van der Waals surface area contributed by atoms with E-state index in [2.05, 4.69) is 25.9 Å². The predicted octanol–water partition coefficient (Wildman–Crippen LogP) is 3.14. The minimum atomic E-state index is -0.307. The summed E-state index contributed by atoms with van der Waals surface area (Å²) in [5.41, 5.74) is 4.24. The lowest BCUT2D eigenvalue weighted by atomic mass is 10.1. The van der Waals surface area contributed by atoms with Crippen LogP contribution in [0.25, 0.3) is 11.1 Å². The molecule has 2 amide bonds. The lowest BCUT2D eigenvalue weighted by Gasteiger charge is -2.13. The minimum Gasteiger partial charge on any atom is -0.489 e. The topological polar surface area (TPSA) is 103 Å². The van der Waals surface area contributed by atoms with Crippen LogP contribution in [0.1, 0.15) is 12.1 Å². The van der Waals surface area contributed by atoms with Crippen molar-refractivity contribution in [2.75, 3.05) is 18.5 Å². The fourth-order valence-corrected chi connectivity index (χ4v) is 3.24. The van der Waals surface area contributed by atoms with Crippen molar-refractivity contribution in [2.45, 2.75) is 19.4 Å². The molecule has 1 aliphatic heterocycles. The molecular formula is C22H24N6O3. The van der Waals surface area contributed by atoms with Crippen LogP contribution >= 0.6 is 0 Å². The largest absolute Gasteiger partial charge is 0.489 e. The van der Waals surface area contributed by atoms with E-state index in [-0.39, 0.29) is 12.1 Å². The van der Waals surface area contributed by atoms with Gasteiger partial charge in [-0.05, 0) is 25.1 Å². The third kappa shape index (κ3) is 5.39. The molecule has 3 heterocycles. The molecule has 160 valence electrons. The van der Waals surface area contributed by atoms with Crippen molar-refractivity contribution in [1.82, 2.24) is 20.1 Å². The van der Waals surface area contributed by atoms with Gasteiger partial charge in [0.1, 0.15) is 12.4 Å². The number of carbonyl (C=O) groups is 1. The lowest BCUT2D eigenvalue weighted by Crippen LogP contribution is -2.33. The van der Waals surface area contributed by atoms with Crippen LogP contribution in [0.3, 0.4) is 0 Å². The van der Waals surface area contributed by atoms with Gasteiger partial charge in [0.2, 0.25) is 0 Å². The molecule has 9 nitrogen and oxygen atoms in total. The number of urea groups is 1. The van der Waals surface area contributed by atoms with Gasteiger partial charge in [-0.3, -0.25) is 9.67 Å². The molecule has 4 rings (SSSR count). The number of rotatable bonds is 7. The van der Waals surface area contributed by atoms with E-state index in [4.69, 9.17) is 9.57 Å². The van der Waals surface area contributed by atoms with Crippen molar-refractivity contribution >= 4 is 17.4 Å². The van der Waals surface area contributed by atoms with Gasteiger partial charge < -0.3 is 20.2 Å². The van der Waals surface area contributed by atoms with Crippen molar-refractivity contribution in [3.63, 3.8) is 0 Å². The van der Waals surface area contributed by atoms with Gasteiger partial charge in [-0.15, -0.1) is 0 Å². The summed E-state index contributed by atoms with van der Waals surface area (Å²) in [4.78, 5) is 21.7. The molecular weight excluding hydrogens is 396 g/mol. The summed E-state index contributed by atoms with van der Waals surface area (Å²) in [5.74, 6) is 0.762. The molecule has 2 aromatic heterocycles. The zero-order valence-corrected chi connectivity index (χ0v) is 17.4. The van der Waals surface area contributed by atoms with Crippen LogP contribution in [0.4, 0.5) is 10.5 Å². The van der Waals surface area contributed by atoms with Crippen molar-refractivity contribution in [2.24, 2.45) is 12.2 Å². The van der Waals surface area contributed by atoms with Gasteiger partial charge in [0, 0.05) is 48.4 Å². The quantitative estimate of drug-likeness (QED) is 0.611. The Bertz CT molecular complexity index is 1090. The summed E-state index contributed by atoms with van der Waals surface area (Å²) in [5, 5.41) is 13.9. The fraction of sp³-hybridized carbons (Fsp3) is 0.273. The number of pyridine rings is 1.